The van der Waals surface area contributed by atoms with E-state index in [2.05, 4.69) is 15.6 Å². The van der Waals surface area contributed by atoms with Crippen molar-refractivity contribution in [1.29, 1.82) is 0 Å². The van der Waals surface area contributed by atoms with Gasteiger partial charge in [-0.3, -0.25) is 14.6 Å². The van der Waals surface area contributed by atoms with Crippen LogP contribution in [0.25, 0.3) is 0 Å². The van der Waals surface area contributed by atoms with Crippen molar-refractivity contribution < 1.29 is 18.4 Å². The first-order valence-corrected chi connectivity index (χ1v) is 7.61. The highest BCUT2D eigenvalue weighted by Crippen LogP contribution is 2.14. The van der Waals surface area contributed by atoms with Gasteiger partial charge in [0.2, 0.25) is 0 Å². The third-order valence-corrected chi connectivity index (χ3v) is 3.51. The largest absolute Gasteiger partial charge is 0.322 e. The molecule has 2 amide bonds. The maximum Gasteiger partial charge on any atom is 0.255 e. The summed E-state index contributed by atoms with van der Waals surface area (Å²) in [7, 11) is 0. The highest BCUT2D eigenvalue weighted by atomic mass is 19.2. The highest BCUT2D eigenvalue weighted by Gasteiger charge is 2.11. The minimum absolute atomic E-state index is 0.0118. The van der Waals surface area contributed by atoms with Gasteiger partial charge in [-0.15, -0.1) is 0 Å². The second kappa shape index (κ2) is 7.52. The molecule has 1 heterocycles. The van der Waals surface area contributed by atoms with Crippen molar-refractivity contribution >= 4 is 23.2 Å². The standard InChI is InChI=1S/C19H13F2N3O2/c20-16-8-5-13(10-17(16)21)19(26)23-14-6-3-12(4-7-14)18(25)24-15-2-1-9-22-11-15/h1-11H,(H,23,26)(H,24,25). The van der Waals surface area contributed by atoms with Crippen LogP contribution in [0.4, 0.5) is 20.2 Å². The van der Waals surface area contributed by atoms with Crippen molar-refractivity contribution in [3.05, 3.63) is 89.8 Å². The molecule has 0 bridgehead atoms. The molecule has 3 aromatic rings. The first kappa shape index (κ1) is 17.2. The molecule has 1 aromatic heterocycles. The van der Waals surface area contributed by atoms with Crippen molar-refractivity contribution in [3.8, 4) is 0 Å². The number of halogens is 2. The molecule has 5 nitrogen and oxygen atoms in total. The van der Waals surface area contributed by atoms with E-state index in [0.717, 1.165) is 12.1 Å². The summed E-state index contributed by atoms with van der Waals surface area (Å²) in [6, 6.07) is 12.4. The molecule has 0 spiro atoms. The van der Waals surface area contributed by atoms with Crippen molar-refractivity contribution in [1.82, 2.24) is 4.98 Å². The Morgan fingerprint density at radius 1 is 0.769 bits per heavy atom. The van der Waals surface area contributed by atoms with Crippen LogP contribution < -0.4 is 10.6 Å². The first-order chi connectivity index (χ1) is 12.5. The Balaban J connectivity index is 1.66. The molecule has 0 aliphatic carbocycles. The second-order valence-corrected chi connectivity index (χ2v) is 5.36. The summed E-state index contributed by atoms with van der Waals surface area (Å²) in [6.45, 7) is 0. The molecule has 2 aromatic carbocycles. The first-order valence-electron chi connectivity index (χ1n) is 7.61. The zero-order chi connectivity index (χ0) is 18.5. The molecule has 0 fully saturated rings. The molecule has 0 aliphatic rings. The SMILES string of the molecule is O=C(Nc1cccnc1)c1ccc(NC(=O)c2ccc(F)c(F)c2)cc1. The predicted molar refractivity (Wildman–Crippen MR) is 92.9 cm³/mol. The summed E-state index contributed by atoms with van der Waals surface area (Å²) in [5.74, 6) is -3.03. The smallest absolute Gasteiger partial charge is 0.255 e. The van der Waals surface area contributed by atoms with Gasteiger partial charge in [-0.2, -0.15) is 0 Å². The summed E-state index contributed by atoms with van der Waals surface area (Å²) in [4.78, 5) is 28.1. The lowest BCUT2D eigenvalue weighted by atomic mass is 10.1. The van der Waals surface area contributed by atoms with E-state index in [9.17, 15) is 18.4 Å². The minimum atomic E-state index is -1.10. The van der Waals surface area contributed by atoms with Gasteiger partial charge in [-0.05, 0) is 54.6 Å². The average molecular weight is 353 g/mol. The third-order valence-electron chi connectivity index (χ3n) is 3.51. The molecule has 0 unspecified atom stereocenters. The maximum atomic E-state index is 13.2. The topological polar surface area (TPSA) is 71.1 Å². The monoisotopic (exact) mass is 353 g/mol. The van der Waals surface area contributed by atoms with Gasteiger partial charge in [0.05, 0.1) is 11.9 Å². The normalized spacial score (nSPS) is 10.2. The van der Waals surface area contributed by atoms with Gasteiger partial charge in [-0.1, -0.05) is 0 Å². The lowest BCUT2D eigenvalue weighted by Gasteiger charge is -2.08. The number of pyridine rings is 1. The van der Waals surface area contributed by atoms with Gasteiger partial charge >= 0.3 is 0 Å². The zero-order valence-corrected chi connectivity index (χ0v) is 13.4. The molecule has 3 rings (SSSR count). The van der Waals surface area contributed by atoms with E-state index in [0.29, 0.717) is 16.9 Å². The molecule has 0 saturated carbocycles. The van der Waals surface area contributed by atoms with E-state index < -0.39 is 17.5 Å². The number of hydrogen-bond acceptors (Lipinski definition) is 3. The number of amides is 2. The molecule has 26 heavy (non-hydrogen) atoms. The van der Waals surface area contributed by atoms with Gasteiger partial charge in [0, 0.05) is 23.0 Å². The molecule has 2 N–H and O–H groups in total. The third kappa shape index (κ3) is 4.07. The Morgan fingerprint density at radius 3 is 2.08 bits per heavy atom. The molecule has 0 atom stereocenters. The van der Waals surface area contributed by atoms with Crippen molar-refractivity contribution in [2.24, 2.45) is 0 Å². The van der Waals surface area contributed by atoms with E-state index in [1.807, 2.05) is 0 Å². The molecular weight excluding hydrogens is 340 g/mol. The van der Waals surface area contributed by atoms with E-state index >= 15 is 0 Å². The van der Waals surface area contributed by atoms with Crippen LogP contribution in [-0.4, -0.2) is 16.8 Å². The summed E-state index contributed by atoms with van der Waals surface area (Å²) in [6.07, 6.45) is 3.12. The van der Waals surface area contributed by atoms with Crippen LogP contribution in [0, 0.1) is 11.6 Å². The Bertz CT molecular complexity index is 945. The summed E-state index contributed by atoms with van der Waals surface area (Å²) in [5, 5.41) is 5.24. The van der Waals surface area contributed by atoms with Gasteiger partial charge in [0.25, 0.3) is 11.8 Å². The van der Waals surface area contributed by atoms with Crippen LogP contribution in [0.1, 0.15) is 20.7 Å². The Kier molecular flexibility index (Phi) is 4.98. The Morgan fingerprint density at radius 2 is 1.42 bits per heavy atom. The number of nitrogens with zero attached hydrogens (tertiary/aromatic N) is 1. The van der Waals surface area contributed by atoms with Gasteiger partial charge < -0.3 is 10.6 Å². The fourth-order valence-corrected chi connectivity index (χ4v) is 2.19. The zero-order valence-electron chi connectivity index (χ0n) is 13.4. The molecule has 0 aliphatic heterocycles. The Hall–Kier alpha value is -3.61. The second-order valence-electron chi connectivity index (χ2n) is 5.36. The van der Waals surface area contributed by atoms with Crippen LogP contribution in [0.15, 0.2) is 67.0 Å². The van der Waals surface area contributed by atoms with E-state index in [4.69, 9.17) is 0 Å². The van der Waals surface area contributed by atoms with Gasteiger partial charge in [-0.25, -0.2) is 8.78 Å². The average Bonchev–Trinajstić information content (AvgIpc) is 2.65. The quantitative estimate of drug-likeness (QED) is 0.748. The number of anilines is 2. The van der Waals surface area contributed by atoms with Crippen molar-refractivity contribution in [2.75, 3.05) is 10.6 Å². The highest BCUT2D eigenvalue weighted by molar-refractivity contribution is 6.06. The number of benzene rings is 2. The summed E-state index contributed by atoms with van der Waals surface area (Å²) in [5.41, 5.74) is 1.35. The van der Waals surface area contributed by atoms with E-state index in [-0.39, 0.29) is 11.5 Å². The van der Waals surface area contributed by atoms with Gasteiger partial charge in [0.1, 0.15) is 0 Å². The molecule has 130 valence electrons. The molecule has 7 heteroatoms. The Labute approximate surface area is 147 Å². The van der Waals surface area contributed by atoms with Crippen molar-refractivity contribution in [2.45, 2.75) is 0 Å². The van der Waals surface area contributed by atoms with E-state index in [1.54, 1.807) is 18.3 Å². The molecule has 0 saturated heterocycles. The number of hydrogen-bond donors (Lipinski definition) is 2. The lowest BCUT2D eigenvalue weighted by molar-refractivity contribution is 0.101. The van der Waals surface area contributed by atoms with Gasteiger partial charge in [0.15, 0.2) is 11.6 Å². The van der Waals surface area contributed by atoms with Crippen LogP contribution in [0.5, 0.6) is 0 Å². The maximum absolute atomic E-state index is 13.2. The number of carbonyl (C=O) groups excluding carboxylic acids is 2. The number of nitrogens with one attached hydrogen (secondary N) is 2. The number of aromatic nitrogens is 1. The van der Waals surface area contributed by atoms with Crippen LogP contribution in [0.3, 0.4) is 0 Å². The van der Waals surface area contributed by atoms with Crippen molar-refractivity contribution in [3.63, 3.8) is 0 Å². The van der Waals surface area contributed by atoms with E-state index in [1.165, 1.54) is 36.5 Å². The predicted octanol–water partition coefficient (Wildman–Crippen LogP) is 3.86. The molecular formula is C19H13F2N3O2. The number of rotatable bonds is 4. The molecule has 0 radical (unpaired) electrons. The van der Waals surface area contributed by atoms with Crippen LogP contribution in [-0.2, 0) is 0 Å². The van der Waals surface area contributed by atoms with Crippen LogP contribution in [0.2, 0.25) is 0 Å². The fraction of sp³-hybridized carbons (Fsp3) is 0. The fourth-order valence-electron chi connectivity index (χ4n) is 2.19. The summed E-state index contributed by atoms with van der Waals surface area (Å²) < 4.78 is 26.1. The number of carbonyl (C=O) groups is 2. The minimum Gasteiger partial charge on any atom is -0.322 e. The van der Waals surface area contributed by atoms with Crippen LogP contribution >= 0.6 is 0 Å². The summed E-state index contributed by atoms with van der Waals surface area (Å²) >= 11 is 0. The lowest BCUT2D eigenvalue weighted by Crippen LogP contribution is -2.14.